The van der Waals surface area contributed by atoms with Crippen molar-refractivity contribution in [1.29, 1.82) is 0 Å². The lowest BCUT2D eigenvalue weighted by molar-refractivity contribution is 0.414. The molecule has 0 saturated heterocycles. The molecule has 7 nitrogen and oxygen atoms in total. The number of pyridine rings is 1. The Morgan fingerprint density at radius 1 is 0.912 bits per heavy atom. The van der Waals surface area contributed by atoms with Gasteiger partial charge in [-0.3, -0.25) is 4.40 Å². The summed E-state index contributed by atoms with van der Waals surface area (Å²) in [5.74, 6) is 1.78. The van der Waals surface area contributed by atoms with Crippen LogP contribution in [0.3, 0.4) is 0 Å². The molecule has 1 aliphatic rings. The number of anilines is 1. The van der Waals surface area contributed by atoms with Gasteiger partial charge in [0.2, 0.25) is 0 Å². The first-order valence-corrected chi connectivity index (χ1v) is 12.9. The van der Waals surface area contributed by atoms with Gasteiger partial charge in [0.15, 0.2) is 0 Å². The smallest absolute Gasteiger partial charge is 0.339 e. The average Bonchev–Trinajstić information content (AvgIpc) is 3.23. The number of imidazole rings is 1. The summed E-state index contributed by atoms with van der Waals surface area (Å²) in [6.45, 7) is 0. The highest BCUT2D eigenvalue weighted by Gasteiger charge is 2.20. The van der Waals surface area contributed by atoms with Gasteiger partial charge in [-0.05, 0) is 73.5 Å². The maximum atomic E-state index is 12.7. The number of rotatable bonds is 7. The third kappa shape index (κ3) is 4.59. The van der Waals surface area contributed by atoms with Crippen LogP contribution in [0.4, 0.5) is 5.82 Å². The third-order valence-corrected chi connectivity index (χ3v) is 7.42. The molecule has 1 fully saturated rings. The van der Waals surface area contributed by atoms with Gasteiger partial charge in [-0.15, -0.1) is 0 Å². The molecule has 1 N–H and O–H groups in total. The molecule has 34 heavy (non-hydrogen) atoms. The maximum Gasteiger partial charge on any atom is 0.339 e. The molecule has 0 spiro atoms. The molecule has 0 atom stereocenters. The van der Waals surface area contributed by atoms with Crippen molar-refractivity contribution in [2.24, 2.45) is 0 Å². The normalized spacial score (nSPS) is 14.7. The zero-order chi connectivity index (χ0) is 23.5. The zero-order valence-corrected chi connectivity index (χ0v) is 19.8. The molecular formula is C26H27N3O4S. The molecule has 4 aromatic rings. The zero-order valence-electron chi connectivity index (χ0n) is 19.0. The van der Waals surface area contributed by atoms with E-state index in [4.69, 9.17) is 13.9 Å². The number of fused-ring (bicyclic) bond motifs is 1. The Morgan fingerprint density at radius 2 is 1.62 bits per heavy atom. The highest BCUT2D eigenvalue weighted by atomic mass is 32.2. The van der Waals surface area contributed by atoms with Gasteiger partial charge in [0.1, 0.15) is 33.6 Å². The van der Waals surface area contributed by atoms with Gasteiger partial charge in [-0.25, -0.2) is 4.98 Å². The standard InChI is InChI=1S/C26H27N3O4S/c1-32-21-14-16-23(17-15-21)34(30,31)33-22-12-10-19(11-13-22)25-26(27-20-7-3-2-4-8-20)29-18-6-5-9-24(29)28-25/h5-6,9-18,20,27H,2-4,7-8H2,1H3. The van der Waals surface area contributed by atoms with Crippen LogP contribution in [0.5, 0.6) is 11.5 Å². The van der Waals surface area contributed by atoms with Crippen molar-refractivity contribution < 1.29 is 17.3 Å². The van der Waals surface area contributed by atoms with E-state index in [0.717, 1.165) is 35.6 Å². The Morgan fingerprint density at radius 3 is 2.32 bits per heavy atom. The van der Waals surface area contributed by atoms with Gasteiger partial charge >= 0.3 is 10.1 Å². The highest BCUT2D eigenvalue weighted by Crippen LogP contribution is 2.33. The summed E-state index contributed by atoms with van der Waals surface area (Å²) in [7, 11) is -2.42. The molecule has 1 aliphatic carbocycles. The Bertz CT molecular complexity index is 1370. The maximum absolute atomic E-state index is 12.7. The van der Waals surface area contributed by atoms with Gasteiger partial charge in [0.25, 0.3) is 0 Å². The average molecular weight is 478 g/mol. The van der Waals surface area contributed by atoms with Gasteiger partial charge in [0, 0.05) is 17.8 Å². The van der Waals surface area contributed by atoms with Crippen molar-refractivity contribution in [2.45, 2.75) is 43.0 Å². The molecule has 8 heteroatoms. The van der Waals surface area contributed by atoms with Crippen LogP contribution in [0.2, 0.25) is 0 Å². The predicted molar refractivity (Wildman–Crippen MR) is 132 cm³/mol. The minimum absolute atomic E-state index is 0.0664. The summed E-state index contributed by atoms with van der Waals surface area (Å²) in [5, 5.41) is 3.72. The number of benzene rings is 2. The second kappa shape index (κ2) is 9.38. The van der Waals surface area contributed by atoms with E-state index in [1.165, 1.54) is 38.5 Å². The lowest BCUT2D eigenvalue weighted by atomic mass is 9.95. The van der Waals surface area contributed by atoms with Crippen molar-refractivity contribution >= 4 is 21.6 Å². The Hall–Kier alpha value is -3.52. The lowest BCUT2D eigenvalue weighted by Gasteiger charge is -2.24. The molecule has 5 rings (SSSR count). The molecule has 2 aromatic carbocycles. The van der Waals surface area contributed by atoms with Crippen molar-refractivity contribution in [2.75, 3.05) is 12.4 Å². The second-order valence-corrected chi connectivity index (χ2v) is 10.0. The van der Waals surface area contributed by atoms with E-state index in [-0.39, 0.29) is 10.6 Å². The van der Waals surface area contributed by atoms with Crippen molar-refractivity contribution in [3.63, 3.8) is 0 Å². The quantitative estimate of drug-likeness (QED) is 0.353. The Labute approximate surface area is 199 Å². The Balaban J connectivity index is 1.41. The van der Waals surface area contributed by atoms with Gasteiger partial charge in [-0.1, -0.05) is 25.3 Å². The summed E-state index contributed by atoms with van der Waals surface area (Å²) in [6.07, 6.45) is 8.07. The van der Waals surface area contributed by atoms with Crippen molar-refractivity contribution in [1.82, 2.24) is 9.38 Å². The molecule has 2 aromatic heterocycles. The van der Waals surface area contributed by atoms with E-state index >= 15 is 0 Å². The van der Waals surface area contributed by atoms with Crippen LogP contribution in [0.1, 0.15) is 32.1 Å². The van der Waals surface area contributed by atoms with Crippen LogP contribution in [0.15, 0.2) is 77.8 Å². The number of nitrogens with zero attached hydrogens (tertiary/aromatic N) is 2. The monoisotopic (exact) mass is 477 g/mol. The first-order chi connectivity index (χ1) is 16.5. The van der Waals surface area contributed by atoms with Crippen LogP contribution in [-0.4, -0.2) is 31.0 Å². The third-order valence-electron chi connectivity index (χ3n) is 6.16. The van der Waals surface area contributed by atoms with E-state index < -0.39 is 10.1 Å². The van der Waals surface area contributed by atoms with E-state index in [2.05, 4.69) is 9.72 Å². The van der Waals surface area contributed by atoms with Crippen LogP contribution < -0.4 is 14.2 Å². The molecular weight excluding hydrogens is 450 g/mol. The summed E-state index contributed by atoms with van der Waals surface area (Å²) in [4.78, 5) is 4.91. The van der Waals surface area contributed by atoms with Crippen molar-refractivity contribution in [3.8, 4) is 22.8 Å². The van der Waals surface area contributed by atoms with E-state index in [1.54, 1.807) is 24.3 Å². The second-order valence-electron chi connectivity index (χ2n) is 8.45. The van der Waals surface area contributed by atoms with Gasteiger partial charge < -0.3 is 14.2 Å². The Kier molecular flexibility index (Phi) is 6.15. The predicted octanol–water partition coefficient (Wildman–Crippen LogP) is 5.52. The fourth-order valence-corrected chi connectivity index (χ4v) is 5.29. The highest BCUT2D eigenvalue weighted by molar-refractivity contribution is 7.87. The molecule has 1 saturated carbocycles. The minimum atomic E-state index is -3.95. The first kappa shape index (κ1) is 22.3. The number of nitrogens with one attached hydrogen (secondary N) is 1. The summed E-state index contributed by atoms with van der Waals surface area (Å²) in [6, 6.07) is 19.5. The van der Waals surface area contributed by atoms with Gasteiger partial charge in [0.05, 0.1) is 7.11 Å². The van der Waals surface area contributed by atoms with Gasteiger partial charge in [-0.2, -0.15) is 8.42 Å². The molecule has 0 aliphatic heterocycles. The van der Waals surface area contributed by atoms with Crippen molar-refractivity contribution in [3.05, 3.63) is 72.9 Å². The number of hydrogen-bond donors (Lipinski definition) is 1. The largest absolute Gasteiger partial charge is 0.497 e. The summed E-state index contributed by atoms with van der Waals surface area (Å²) < 4.78 is 37.8. The molecule has 176 valence electrons. The molecule has 0 radical (unpaired) electrons. The van der Waals surface area contributed by atoms with E-state index in [1.807, 2.05) is 36.5 Å². The fourth-order valence-electron chi connectivity index (χ4n) is 4.36. The SMILES string of the molecule is COc1ccc(S(=O)(=O)Oc2ccc(-c3nc4ccccn4c3NC3CCCCC3)cc2)cc1. The molecule has 0 amide bonds. The van der Waals surface area contributed by atoms with Crippen LogP contribution in [0, 0.1) is 0 Å². The van der Waals surface area contributed by atoms with E-state index in [9.17, 15) is 8.42 Å². The number of aromatic nitrogens is 2. The fraction of sp³-hybridized carbons (Fsp3) is 0.269. The molecule has 0 bridgehead atoms. The lowest BCUT2D eigenvalue weighted by Crippen LogP contribution is -2.23. The number of methoxy groups -OCH3 is 1. The van der Waals surface area contributed by atoms with Crippen LogP contribution in [-0.2, 0) is 10.1 Å². The van der Waals surface area contributed by atoms with Crippen LogP contribution >= 0.6 is 0 Å². The van der Waals surface area contributed by atoms with E-state index in [0.29, 0.717) is 11.8 Å². The summed E-state index contributed by atoms with van der Waals surface area (Å²) in [5.41, 5.74) is 2.58. The summed E-state index contributed by atoms with van der Waals surface area (Å²) >= 11 is 0. The molecule has 0 unspecified atom stereocenters. The first-order valence-electron chi connectivity index (χ1n) is 11.5. The van der Waals surface area contributed by atoms with Crippen LogP contribution in [0.25, 0.3) is 16.9 Å². The number of ether oxygens (including phenoxy) is 1. The topological polar surface area (TPSA) is 81.9 Å². The molecule has 2 heterocycles. The minimum Gasteiger partial charge on any atom is -0.497 e. The number of hydrogen-bond acceptors (Lipinski definition) is 6.